The van der Waals surface area contributed by atoms with Gasteiger partial charge in [-0.2, -0.15) is 13.2 Å². The summed E-state index contributed by atoms with van der Waals surface area (Å²) in [7, 11) is 1.60. The van der Waals surface area contributed by atoms with Crippen molar-refractivity contribution >= 4 is 39.1 Å². The fourth-order valence-corrected chi connectivity index (χ4v) is 4.14. The van der Waals surface area contributed by atoms with Crippen molar-refractivity contribution in [1.29, 1.82) is 0 Å². The van der Waals surface area contributed by atoms with E-state index < -0.39 is 18.7 Å². The molecule has 0 aliphatic heterocycles. The topological polar surface area (TPSA) is 58.6 Å². The van der Waals surface area contributed by atoms with E-state index in [1.165, 1.54) is 4.90 Å². The molecule has 0 bridgehead atoms. The molecule has 4 rings (SSSR count). The number of amides is 2. The summed E-state index contributed by atoms with van der Waals surface area (Å²) in [5.74, 6) is -0.577. The molecule has 1 fully saturated rings. The molecule has 0 saturated heterocycles. The highest BCUT2D eigenvalue weighted by Crippen LogP contribution is 2.45. The van der Waals surface area contributed by atoms with Crippen molar-refractivity contribution in [3.8, 4) is 5.75 Å². The lowest BCUT2D eigenvalue weighted by molar-refractivity contribution is -0.153. The number of halogens is 4. The molecule has 0 spiro atoms. The molecule has 0 aromatic heterocycles. The maximum absolute atomic E-state index is 13.1. The SMILES string of the molecule is CN(C(=O)c1ccccc1)c1cccc(C(=O)Nc2c(Br)cc(C3CC3)cc2OCC(F)(F)F)c1. The summed E-state index contributed by atoms with van der Waals surface area (Å²) >= 11 is 3.37. The zero-order chi connectivity index (χ0) is 25.2. The molecule has 1 aliphatic carbocycles. The Hall–Kier alpha value is -3.33. The number of rotatable bonds is 7. The molecule has 35 heavy (non-hydrogen) atoms. The summed E-state index contributed by atoms with van der Waals surface area (Å²) in [6.45, 7) is -1.47. The lowest BCUT2D eigenvalue weighted by Crippen LogP contribution is -2.26. The second-order valence-corrected chi connectivity index (χ2v) is 9.14. The molecular weight excluding hydrogens is 525 g/mol. The molecule has 0 atom stereocenters. The first-order chi connectivity index (χ1) is 16.6. The molecule has 0 heterocycles. The predicted molar refractivity (Wildman–Crippen MR) is 131 cm³/mol. The molecule has 9 heteroatoms. The van der Waals surface area contributed by atoms with Crippen LogP contribution in [0.25, 0.3) is 0 Å². The van der Waals surface area contributed by atoms with Crippen LogP contribution in [0.5, 0.6) is 5.75 Å². The highest BCUT2D eigenvalue weighted by atomic mass is 79.9. The van der Waals surface area contributed by atoms with E-state index in [-0.39, 0.29) is 28.8 Å². The number of alkyl halides is 3. The second-order valence-electron chi connectivity index (χ2n) is 8.29. The molecular formula is C26H22BrF3N2O3. The van der Waals surface area contributed by atoms with Crippen LogP contribution in [0.15, 0.2) is 71.2 Å². The van der Waals surface area contributed by atoms with Crippen LogP contribution in [0, 0.1) is 0 Å². The minimum Gasteiger partial charge on any atom is -0.482 e. The van der Waals surface area contributed by atoms with E-state index in [0.29, 0.717) is 15.7 Å². The molecule has 1 N–H and O–H groups in total. The van der Waals surface area contributed by atoms with Crippen LogP contribution in [0.3, 0.4) is 0 Å². The summed E-state index contributed by atoms with van der Waals surface area (Å²) in [6.07, 6.45) is -2.61. The van der Waals surface area contributed by atoms with Crippen molar-refractivity contribution in [2.45, 2.75) is 24.9 Å². The summed E-state index contributed by atoms with van der Waals surface area (Å²) < 4.78 is 44.0. The highest BCUT2D eigenvalue weighted by Gasteiger charge is 2.31. The molecule has 3 aromatic carbocycles. The van der Waals surface area contributed by atoms with Gasteiger partial charge in [0.2, 0.25) is 0 Å². The number of carbonyl (C=O) groups excluding carboxylic acids is 2. The van der Waals surface area contributed by atoms with E-state index in [9.17, 15) is 22.8 Å². The number of ether oxygens (including phenoxy) is 1. The standard InChI is InChI=1S/C26H22BrF3N2O3/c1-32(25(34)17-6-3-2-4-7-17)20-9-5-8-18(12-20)24(33)31-23-21(27)13-19(16-10-11-16)14-22(23)35-15-26(28,29)30/h2-9,12-14,16H,10-11,15H2,1H3,(H,31,33). The molecule has 1 aliphatic rings. The van der Waals surface area contributed by atoms with Crippen LogP contribution in [-0.2, 0) is 0 Å². The minimum absolute atomic E-state index is 0.0560. The van der Waals surface area contributed by atoms with Gasteiger partial charge in [0.1, 0.15) is 5.75 Å². The van der Waals surface area contributed by atoms with Crippen LogP contribution >= 0.6 is 15.9 Å². The Morgan fingerprint density at radius 3 is 2.37 bits per heavy atom. The number of nitrogens with zero attached hydrogens (tertiary/aromatic N) is 1. The van der Waals surface area contributed by atoms with E-state index in [1.54, 1.807) is 67.7 Å². The van der Waals surface area contributed by atoms with Crippen molar-refractivity contribution in [3.05, 3.63) is 87.9 Å². The molecule has 0 unspecified atom stereocenters. The number of benzene rings is 3. The number of hydrogen-bond acceptors (Lipinski definition) is 3. The van der Waals surface area contributed by atoms with Crippen LogP contribution in [0.1, 0.15) is 45.0 Å². The van der Waals surface area contributed by atoms with Gasteiger partial charge in [-0.05, 0) is 82.7 Å². The fraction of sp³-hybridized carbons (Fsp3) is 0.231. The monoisotopic (exact) mass is 546 g/mol. The summed E-state index contributed by atoms with van der Waals surface area (Å²) in [5.41, 5.74) is 2.19. The van der Waals surface area contributed by atoms with E-state index in [4.69, 9.17) is 4.74 Å². The third kappa shape index (κ3) is 6.22. The normalized spacial score (nSPS) is 13.3. The van der Waals surface area contributed by atoms with Gasteiger partial charge in [0.05, 0.1) is 5.69 Å². The van der Waals surface area contributed by atoms with E-state index in [1.807, 2.05) is 6.07 Å². The maximum atomic E-state index is 13.1. The predicted octanol–water partition coefficient (Wildman–Crippen LogP) is 6.80. The zero-order valence-electron chi connectivity index (χ0n) is 18.7. The number of carbonyl (C=O) groups is 2. The van der Waals surface area contributed by atoms with Crippen LogP contribution in [0.4, 0.5) is 24.5 Å². The first-order valence-corrected chi connectivity index (χ1v) is 11.7. The Balaban J connectivity index is 1.57. The summed E-state index contributed by atoms with van der Waals surface area (Å²) in [5, 5.41) is 2.66. The first-order valence-electron chi connectivity index (χ1n) is 10.9. The lowest BCUT2D eigenvalue weighted by atomic mass is 10.1. The van der Waals surface area contributed by atoms with Gasteiger partial charge < -0.3 is 15.0 Å². The first kappa shape index (κ1) is 24.8. The van der Waals surface area contributed by atoms with Gasteiger partial charge in [0, 0.05) is 28.3 Å². The van der Waals surface area contributed by atoms with Gasteiger partial charge in [-0.3, -0.25) is 9.59 Å². The minimum atomic E-state index is -4.52. The van der Waals surface area contributed by atoms with Gasteiger partial charge >= 0.3 is 6.18 Å². The van der Waals surface area contributed by atoms with Crippen LogP contribution < -0.4 is 15.0 Å². The van der Waals surface area contributed by atoms with Crippen molar-refractivity contribution < 1.29 is 27.5 Å². The molecule has 182 valence electrons. The molecule has 5 nitrogen and oxygen atoms in total. The molecule has 1 saturated carbocycles. The van der Waals surface area contributed by atoms with E-state index in [2.05, 4.69) is 21.2 Å². The number of hydrogen-bond donors (Lipinski definition) is 1. The number of anilines is 2. The maximum Gasteiger partial charge on any atom is 0.422 e. The average Bonchev–Trinajstić information content (AvgIpc) is 3.69. The second kappa shape index (κ2) is 10.1. The Labute approximate surface area is 209 Å². The molecule has 2 amide bonds. The Morgan fingerprint density at radius 2 is 1.71 bits per heavy atom. The van der Waals surface area contributed by atoms with Gasteiger partial charge in [-0.15, -0.1) is 0 Å². The average molecular weight is 547 g/mol. The third-order valence-electron chi connectivity index (χ3n) is 5.58. The van der Waals surface area contributed by atoms with Gasteiger partial charge in [0.25, 0.3) is 11.8 Å². The van der Waals surface area contributed by atoms with Gasteiger partial charge in [-0.1, -0.05) is 24.3 Å². The van der Waals surface area contributed by atoms with Gasteiger partial charge in [-0.25, -0.2) is 0 Å². The van der Waals surface area contributed by atoms with Crippen molar-refractivity contribution in [3.63, 3.8) is 0 Å². The fourth-order valence-electron chi connectivity index (χ4n) is 3.58. The third-order valence-corrected chi connectivity index (χ3v) is 6.20. The molecule has 3 aromatic rings. The largest absolute Gasteiger partial charge is 0.482 e. The van der Waals surface area contributed by atoms with Gasteiger partial charge in [0.15, 0.2) is 6.61 Å². The smallest absolute Gasteiger partial charge is 0.422 e. The number of nitrogens with one attached hydrogen (secondary N) is 1. The Morgan fingerprint density at radius 1 is 1.03 bits per heavy atom. The van der Waals surface area contributed by atoms with Crippen LogP contribution in [-0.4, -0.2) is 31.6 Å². The van der Waals surface area contributed by atoms with E-state index in [0.717, 1.165) is 18.4 Å². The Bertz CT molecular complexity index is 1240. The highest BCUT2D eigenvalue weighted by molar-refractivity contribution is 9.10. The quantitative estimate of drug-likeness (QED) is 0.354. The van der Waals surface area contributed by atoms with E-state index >= 15 is 0 Å². The lowest BCUT2D eigenvalue weighted by Gasteiger charge is -2.19. The van der Waals surface area contributed by atoms with Crippen molar-refractivity contribution in [1.82, 2.24) is 0 Å². The summed E-state index contributed by atoms with van der Waals surface area (Å²) in [6, 6.07) is 18.5. The summed E-state index contributed by atoms with van der Waals surface area (Å²) in [4.78, 5) is 27.2. The van der Waals surface area contributed by atoms with Crippen molar-refractivity contribution in [2.75, 3.05) is 23.9 Å². The molecule has 0 radical (unpaired) electrons. The van der Waals surface area contributed by atoms with Crippen LogP contribution in [0.2, 0.25) is 0 Å². The zero-order valence-corrected chi connectivity index (χ0v) is 20.3. The Kier molecular flexibility index (Phi) is 7.16. The van der Waals surface area contributed by atoms with Crippen molar-refractivity contribution in [2.24, 2.45) is 0 Å².